The van der Waals surface area contributed by atoms with Gasteiger partial charge >= 0.3 is 0 Å². The van der Waals surface area contributed by atoms with Crippen LogP contribution in [0.15, 0.2) is 69.5 Å². The summed E-state index contributed by atoms with van der Waals surface area (Å²) in [5.74, 6) is -0.511. The highest BCUT2D eigenvalue weighted by Gasteiger charge is 2.19. The number of nitriles is 1. The van der Waals surface area contributed by atoms with Crippen molar-refractivity contribution in [3.8, 4) is 17.4 Å². The van der Waals surface area contributed by atoms with Crippen LogP contribution in [0.5, 0.6) is 0 Å². The first kappa shape index (κ1) is 22.7. The number of rotatable bonds is 6. The van der Waals surface area contributed by atoms with E-state index in [9.17, 15) is 28.6 Å². The predicted molar refractivity (Wildman–Crippen MR) is 116 cm³/mol. The lowest BCUT2D eigenvalue weighted by atomic mass is 10.1. The van der Waals surface area contributed by atoms with E-state index in [-0.39, 0.29) is 43.9 Å². The summed E-state index contributed by atoms with van der Waals surface area (Å²) in [6.45, 7) is 0. The van der Waals surface area contributed by atoms with E-state index in [1.165, 1.54) is 60.7 Å². The molecule has 0 radical (unpaired) electrons. The number of furan rings is 1. The molecular weight excluding hydrogens is 460 g/mol. The van der Waals surface area contributed by atoms with E-state index in [1.807, 2.05) is 0 Å². The van der Waals surface area contributed by atoms with Crippen molar-refractivity contribution < 1.29 is 22.6 Å². The third kappa shape index (κ3) is 5.19. The molecule has 1 aromatic heterocycles. The Morgan fingerprint density at radius 3 is 2.47 bits per heavy atom. The minimum atomic E-state index is -3.88. The van der Waals surface area contributed by atoms with Gasteiger partial charge in [0.1, 0.15) is 23.2 Å². The fourth-order valence-electron chi connectivity index (χ4n) is 2.66. The highest BCUT2D eigenvalue weighted by Crippen LogP contribution is 2.33. The third-order valence-corrected chi connectivity index (χ3v) is 5.31. The summed E-state index contributed by atoms with van der Waals surface area (Å²) < 4.78 is 28.1. The van der Waals surface area contributed by atoms with Crippen LogP contribution >= 0.6 is 11.6 Å². The number of sulfonamides is 1. The van der Waals surface area contributed by atoms with Gasteiger partial charge in [-0.25, -0.2) is 13.6 Å². The molecule has 0 saturated heterocycles. The zero-order chi connectivity index (χ0) is 23.5. The van der Waals surface area contributed by atoms with E-state index in [0.29, 0.717) is 0 Å². The number of nitrogens with zero attached hydrogens (tertiary/aromatic N) is 2. The topological polar surface area (TPSA) is 169 Å². The average Bonchev–Trinajstić information content (AvgIpc) is 3.20. The second-order valence-electron chi connectivity index (χ2n) is 6.31. The van der Waals surface area contributed by atoms with Crippen LogP contribution in [0.2, 0.25) is 5.02 Å². The molecule has 0 aliphatic carbocycles. The molecule has 0 unspecified atom stereocenters. The summed E-state index contributed by atoms with van der Waals surface area (Å²) in [5.41, 5.74) is -0.159. The molecule has 0 atom stereocenters. The monoisotopic (exact) mass is 472 g/mol. The predicted octanol–water partition coefficient (Wildman–Crippen LogP) is 3.70. The number of nitro groups is 1. The second-order valence-corrected chi connectivity index (χ2v) is 8.31. The molecule has 0 bridgehead atoms. The number of nitrogens with two attached hydrogens (primary N) is 1. The number of hydrogen-bond acceptors (Lipinski definition) is 7. The molecule has 0 aliphatic rings. The minimum Gasteiger partial charge on any atom is -0.456 e. The molecule has 1 amide bonds. The van der Waals surface area contributed by atoms with Gasteiger partial charge in [-0.05, 0) is 48.5 Å². The molecule has 3 N–H and O–H groups in total. The Hall–Kier alpha value is -3.98. The number of amides is 1. The number of nitro benzene ring substituents is 1. The van der Waals surface area contributed by atoms with Crippen LogP contribution in [0.3, 0.4) is 0 Å². The zero-order valence-electron chi connectivity index (χ0n) is 16.0. The molecule has 0 spiro atoms. The van der Waals surface area contributed by atoms with Gasteiger partial charge in [-0.2, -0.15) is 5.26 Å². The number of nitrogens with one attached hydrogen (secondary N) is 1. The standard InChI is InChI=1S/C20H13ClN4O6S/c21-13-1-7-17(18(10-13)25(27)28)19-8-4-15(31-19)9-12(11-22)20(26)24-14-2-5-16(6-3-14)32(23,29)30/h1-10H,(H,24,26)(H2,23,29,30)/b12-9+. The first-order valence-electron chi connectivity index (χ1n) is 8.68. The first-order valence-corrected chi connectivity index (χ1v) is 10.6. The van der Waals surface area contributed by atoms with Crippen LogP contribution in [-0.4, -0.2) is 19.2 Å². The number of carbonyl (C=O) groups is 1. The second kappa shape index (κ2) is 9.03. The Kier molecular flexibility index (Phi) is 6.40. The molecule has 0 fully saturated rings. The maximum atomic E-state index is 12.4. The molecule has 1 heterocycles. The number of benzene rings is 2. The number of halogens is 1. The van der Waals surface area contributed by atoms with Gasteiger partial charge in [-0.15, -0.1) is 0 Å². The molecule has 10 nitrogen and oxygen atoms in total. The maximum absolute atomic E-state index is 12.4. The minimum absolute atomic E-state index is 0.112. The third-order valence-electron chi connectivity index (χ3n) is 4.14. The van der Waals surface area contributed by atoms with Gasteiger partial charge in [0.15, 0.2) is 0 Å². The summed E-state index contributed by atoms with van der Waals surface area (Å²) in [6.07, 6.45) is 1.17. The van der Waals surface area contributed by atoms with Gasteiger partial charge in [0.25, 0.3) is 11.6 Å². The van der Waals surface area contributed by atoms with Gasteiger partial charge in [0.2, 0.25) is 10.0 Å². The van der Waals surface area contributed by atoms with Gasteiger partial charge in [-0.1, -0.05) is 11.6 Å². The van der Waals surface area contributed by atoms with Crippen molar-refractivity contribution in [1.29, 1.82) is 5.26 Å². The van der Waals surface area contributed by atoms with E-state index in [2.05, 4.69) is 5.32 Å². The van der Waals surface area contributed by atoms with Gasteiger partial charge < -0.3 is 9.73 Å². The number of primary sulfonamides is 1. The fourth-order valence-corrected chi connectivity index (χ4v) is 3.34. The summed E-state index contributed by atoms with van der Waals surface area (Å²) >= 11 is 5.81. The molecule has 162 valence electrons. The van der Waals surface area contributed by atoms with Crippen molar-refractivity contribution in [3.63, 3.8) is 0 Å². The van der Waals surface area contributed by atoms with Crippen molar-refractivity contribution >= 4 is 45.0 Å². The largest absolute Gasteiger partial charge is 0.456 e. The summed E-state index contributed by atoms with van der Waals surface area (Å²) in [5, 5.41) is 28.3. The van der Waals surface area contributed by atoms with Crippen LogP contribution in [-0.2, 0) is 14.8 Å². The fraction of sp³-hybridized carbons (Fsp3) is 0. The number of anilines is 1. The SMILES string of the molecule is N#C/C(=C\c1ccc(-c2ccc(Cl)cc2[N+](=O)[O-])o1)C(=O)Nc1ccc(S(N)(=O)=O)cc1. The van der Waals surface area contributed by atoms with E-state index < -0.39 is 20.9 Å². The molecule has 3 rings (SSSR count). The quantitative estimate of drug-likeness (QED) is 0.238. The molecular formula is C20H13ClN4O6S. The number of carbonyl (C=O) groups excluding carboxylic acids is 1. The van der Waals surface area contributed by atoms with Crippen molar-refractivity contribution in [2.75, 3.05) is 5.32 Å². The van der Waals surface area contributed by atoms with E-state index >= 15 is 0 Å². The van der Waals surface area contributed by atoms with Gasteiger partial charge in [0.05, 0.1) is 15.4 Å². The van der Waals surface area contributed by atoms with Crippen molar-refractivity contribution in [2.24, 2.45) is 5.14 Å². The van der Waals surface area contributed by atoms with Crippen molar-refractivity contribution in [2.45, 2.75) is 4.90 Å². The smallest absolute Gasteiger partial charge is 0.281 e. The van der Waals surface area contributed by atoms with Crippen LogP contribution < -0.4 is 10.5 Å². The summed E-state index contributed by atoms with van der Waals surface area (Å²) in [4.78, 5) is 22.9. The first-order chi connectivity index (χ1) is 15.1. The molecule has 12 heteroatoms. The van der Waals surface area contributed by atoms with Crippen LogP contribution in [0.4, 0.5) is 11.4 Å². The Bertz CT molecular complexity index is 1390. The average molecular weight is 473 g/mol. The normalized spacial score (nSPS) is 11.6. The van der Waals surface area contributed by atoms with Gasteiger partial charge in [-0.3, -0.25) is 14.9 Å². The molecule has 3 aromatic rings. The van der Waals surface area contributed by atoms with E-state index in [4.69, 9.17) is 21.2 Å². The van der Waals surface area contributed by atoms with E-state index in [1.54, 1.807) is 6.07 Å². The van der Waals surface area contributed by atoms with Crippen LogP contribution in [0, 0.1) is 21.4 Å². The van der Waals surface area contributed by atoms with E-state index in [0.717, 1.165) is 0 Å². The Morgan fingerprint density at radius 1 is 1.19 bits per heavy atom. The van der Waals surface area contributed by atoms with Crippen LogP contribution in [0.25, 0.3) is 17.4 Å². The lowest BCUT2D eigenvalue weighted by Gasteiger charge is -2.05. The molecule has 2 aromatic carbocycles. The molecule has 32 heavy (non-hydrogen) atoms. The maximum Gasteiger partial charge on any atom is 0.281 e. The summed E-state index contributed by atoms with van der Waals surface area (Å²) in [6, 6.07) is 13.8. The molecule has 0 aliphatic heterocycles. The lowest BCUT2D eigenvalue weighted by molar-refractivity contribution is -0.384. The summed E-state index contributed by atoms with van der Waals surface area (Å²) in [7, 11) is -3.88. The molecule has 0 saturated carbocycles. The Morgan fingerprint density at radius 2 is 1.88 bits per heavy atom. The zero-order valence-corrected chi connectivity index (χ0v) is 17.6. The lowest BCUT2D eigenvalue weighted by Crippen LogP contribution is -2.14. The highest BCUT2D eigenvalue weighted by molar-refractivity contribution is 7.89. The van der Waals surface area contributed by atoms with Crippen LogP contribution in [0.1, 0.15) is 5.76 Å². The number of hydrogen-bond donors (Lipinski definition) is 2. The van der Waals surface area contributed by atoms with Crippen molar-refractivity contribution in [3.05, 3.63) is 81.1 Å². The Labute approximate surface area is 186 Å². The Balaban J connectivity index is 1.84. The van der Waals surface area contributed by atoms with Gasteiger partial charge in [0, 0.05) is 22.9 Å². The van der Waals surface area contributed by atoms with Crippen molar-refractivity contribution in [1.82, 2.24) is 0 Å². The highest BCUT2D eigenvalue weighted by atomic mass is 35.5.